The first kappa shape index (κ1) is 12.2. The van der Waals surface area contributed by atoms with Gasteiger partial charge in [-0.05, 0) is 56.8 Å². The first-order valence-electron chi connectivity index (χ1n) is 7.09. The van der Waals surface area contributed by atoms with Gasteiger partial charge in [-0.1, -0.05) is 18.2 Å². The van der Waals surface area contributed by atoms with E-state index < -0.39 is 0 Å². The topological polar surface area (TPSA) is 21.3 Å². The Balaban J connectivity index is 1.90. The van der Waals surface area contributed by atoms with Crippen LogP contribution in [-0.2, 0) is 4.74 Å². The number of fused-ring (bicyclic) bond motifs is 2. The van der Waals surface area contributed by atoms with Crippen molar-refractivity contribution >= 4 is 0 Å². The van der Waals surface area contributed by atoms with Crippen LogP contribution in [-0.4, -0.2) is 19.3 Å². The van der Waals surface area contributed by atoms with Crippen LogP contribution in [0.1, 0.15) is 42.0 Å². The fourth-order valence-corrected chi connectivity index (χ4v) is 3.74. The number of benzene rings is 1. The van der Waals surface area contributed by atoms with Crippen molar-refractivity contribution in [2.45, 2.75) is 51.4 Å². The van der Waals surface area contributed by atoms with Gasteiger partial charge in [0.25, 0.3) is 0 Å². The third kappa shape index (κ3) is 1.88. The molecular formula is C16H23NO. The fraction of sp³-hybridized carbons (Fsp3) is 0.625. The molecule has 2 heterocycles. The third-order valence-electron chi connectivity index (χ3n) is 4.87. The monoisotopic (exact) mass is 245 g/mol. The van der Waals surface area contributed by atoms with E-state index in [1.807, 2.05) is 0 Å². The van der Waals surface area contributed by atoms with Gasteiger partial charge in [-0.2, -0.15) is 0 Å². The summed E-state index contributed by atoms with van der Waals surface area (Å²) in [5, 5.41) is 3.53. The van der Waals surface area contributed by atoms with E-state index in [0.29, 0.717) is 24.2 Å². The molecular weight excluding hydrogens is 222 g/mol. The van der Waals surface area contributed by atoms with Crippen molar-refractivity contribution in [3.63, 3.8) is 0 Å². The maximum Gasteiger partial charge on any atom is 0.0627 e. The molecule has 2 saturated heterocycles. The van der Waals surface area contributed by atoms with E-state index in [0.717, 1.165) is 0 Å². The van der Waals surface area contributed by atoms with Gasteiger partial charge in [-0.15, -0.1) is 0 Å². The van der Waals surface area contributed by atoms with E-state index in [1.165, 1.54) is 36.0 Å². The molecule has 18 heavy (non-hydrogen) atoms. The number of rotatable bonds is 3. The molecule has 1 aromatic carbocycles. The molecule has 3 rings (SSSR count). The van der Waals surface area contributed by atoms with Gasteiger partial charge in [-0.3, -0.25) is 0 Å². The Morgan fingerprint density at radius 2 is 2.11 bits per heavy atom. The molecule has 0 aliphatic carbocycles. The highest BCUT2D eigenvalue weighted by molar-refractivity contribution is 5.36. The lowest BCUT2D eigenvalue weighted by Gasteiger charge is -2.30. The lowest BCUT2D eigenvalue weighted by Crippen LogP contribution is -2.32. The predicted octanol–water partition coefficient (Wildman–Crippen LogP) is 3.13. The highest BCUT2D eigenvalue weighted by Gasteiger charge is 2.44. The van der Waals surface area contributed by atoms with E-state index in [4.69, 9.17) is 4.74 Å². The lowest BCUT2D eigenvalue weighted by molar-refractivity contribution is 0.0862. The maximum atomic E-state index is 6.02. The van der Waals surface area contributed by atoms with Crippen LogP contribution in [0.4, 0.5) is 0 Å². The third-order valence-corrected chi connectivity index (χ3v) is 4.87. The van der Waals surface area contributed by atoms with E-state index in [9.17, 15) is 0 Å². The SMILES string of the molecule is CNC(c1cccc(C)c1C)C1CC2CCC1O2. The van der Waals surface area contributed by atoms with Gasteiger partial charge in [0.2, 0.25) is 0 Å². The summed E-state index contributed by atoms with van der Waals surface area (Å²) in [4.78, 5) is 0. The molecule has 0 spiro atoms. The number of nitrogens with one attached hydrogen (secondary N) is 1. The van der Waals surface area contributed by atoms with Crippen LogP contribution in [0.15, 0.2) is 18.2 Å². The Bertz CT molecular complexity index is 443. The van der Waals surface area contributed by atoms with Crippen LogP contribution in [0.2, 0.25) is 0 Å². The van der Waals surface area contributed by atoms with Crippen molar-refractivity contribution in [3.05, 3.63) is 34.9 Å². The number of hydrogen-bond acceptors (Lipinski definition) is 2. The number of hydrogen-bond donors (Lipinski definition) is 1. The normalized spacial score (nSPS) is 31.8. The Morgan fingerprint density at radius 3 is 2.72 bits per heavy atom. The molecule has 0 radical (unpaired) electrons. The largest absolute Gasteiger partial charge is 0.375 e. The van der Waals surface area contributed by atoms with Gasteiger partial charge in [-0.25, -0.2) is 0 Å². The van der Waals surface area contributed by atoms with Crippen molar-refractivity contribution in [3.8, 4) is 0 Å². The molecule has 2 fully saturated rings. The summed E-state index contributed by atoms with van der Waals surface area (Å²) < 4.78 is 6.02. The fourth-order valence-electron chi connectivity index (χ4n) is 3.74. The second-order valence-corrected chi connectivity index (χ2v) is 5.83. The Kier molecular flexibility index (Phi) is 3.16. The van der Waals surface area contributed by atoms with E-state index >= 15 is 0 Å². The van der Waals surface area contributed by atoms with Crippen molar-refractivity contribution in [1.82, 2.24) is 5.32 Å². The molecule has 98 valence electrons. The van der Waals surface area contributed by atoms with Crippen molar-refractivity contribution in [2.24, 2.45) is 5.92 Å². The summed E-state index contributed by atoms with van der Waals surface area (Å²) in [7, 11) is 2.08. The van der Waals surface area contributed by atoms with Gasteiger partial charge in [0.05, 0.1) is 12.2 Å². The van der Waals surface area contributed by atoms with E-state index in [-0.39, 0.29) is 0 Å². The smallest absolute Gasteiger partial charge is 0.0627 e. The molecule has 1 N–H and O–H groups in total. The van der Waals surface area contributed by atoms with Gasteiger partial charge < -0.3 is 10.1 Å². The van der Waals surface area contributed by atoms with Crippen LogP contribution in [0.5, 0.6) is 0 Å². The van der Waals surface area contributed by atoms with Crippen molar-refractivity contribution in [2.75, 3.05) is 7.05 Å². The zero-order valence-corrected chi connectivity index (χ0v) is 11.6. The van der Waals surface area contributed by atoms with Crippen LogP contribution >= 0.6 is 0 Å². The molecule has 2 aliphatic rings. The second kappa shape index (κ2) is 4.67. The molecule has 1 aromatic rings. The molecule has 4 unspecified atom stereocenters. The van der Waals surface area contributed by atoms with Gasteiger partial charge in [0.1, 0.15) is 0 Å². The average Bonchev–Trinajstić information content (AvgIpc) is 2.98. The first-order valence-corrected chi connectivity index (χ1v) is 7.09. The Morgan fingerprint density at radius 1 is 1.28 bits per heavy atom. The Hall–Kier alpha value is -0.860. The molecule has 2 heteroatoms. The highest BCUT2D eigenvalue weighted by atomic mass is 16.5. The van der Waals surface area contributed by atoms with E-state index in [2.05, 4.69) is 44.4 Å². The molecule has 2 aliphatic heterocycles. The van der Waals surface area contributed by atoms with Crippen LogP contribution in [0, 0.1) is 19.8 Å². The molecule has 2 bridgehead atoms. The van der Waals surface area contributed by atoms with Crippen LogP contribution in [0.25, 0.3) is 0 Å². The van der Waals surface area contributed by atoms with Crippen molar-refractivity contribution in [1.29, 1.82) is 0 Å². The number of aryl methyl sites for hydroxylation is 1. The summed E-state index contributed by atoms with van der Waals surface area (Å²) in [5.41, 5.74) is 4.27. The van der Waals surface area contributed by atoms with Gasteiger partial charge in [0.15, 0.2) is 0 Å². The predicted molar refractivity (Wildman–Crippen MR) is 73.7 cm³/mol. The molecule has 4 atom stereocenters. The van der Waals surface area contributed by atoms with Crippen LogP contribution < -0.4 is 5.32 Å². The molecule has 2 nitrogen and oxygen atoms in total. The maximum absolute atomic E-state index is 6.02. The molecule has 0 aromatic heterocycles. The summed E-state index contributed by atoms with van der Waals surface area (Å²) in [6.45, 7) is 4.44. The minimum absolute atomic E-state index is 0.445. The zero-order chi connectivity index (χ0) is 12.7. The molecule has 0 saturated carbocycles. The summed E-state index contributed by atoms with van der Waals surface area (Å²) in [5.74, 6) is 0.647. The van der Waals surface area contributed by atoms with Crippen LogP contribution in [0.3, 0.4) is 0 Å². The van der Waals surface area contributed by atoms with Crippen molar-refractivity contribution < 1.29 is 4.74 Å². The highest BCUT2D eigenvalue weighted by Crippen LogP contribution is 2.45. The summed E-state index contributed by atoms with van der Waals surface area (Å²) >= 11 is 0. The quantitative estimate of drug-likeness (QED) is 0.883. The first-order chi connectivity index (χ1) is 8.70. The standard InChI is InChI=1S/C16H23NO/c1-10-5-4-6-13(11(10)2)16(17-3)14-9-12-7-8-15(14)18-12/h4-6,12,14-17H,7-9H2,1-3H3. The summed E-state index contributed by atoms with van der Waals surface area (Å²) in [6, 6.07) is 7.09. The lowest BCUT2D eigenvalue weighted by atomic mass is 9.79. The van der Waals surface area contributed by atoms with Gasteiger partial charge >= 0.3 is 0 Å². The number of ether oxygens (including phenoxy) is 1. The summed E-state index contributed by atoms with van der Waals surface area (Å²) in [6.07, 6.45) is 4.75. The Labute approximate surface area is 110 Å². The zero-order valence-electron chi connectivity index (χ0n) is 11.6. The van der Waals surface area contributed by atoms with E-state index in [1.54, 1.807) is 0 Å². The minimum atomic E-state index is 0.445. The molecule has 0 amide bonds. The average molecular weight is 245 g/mol. The van der Waals surface area contributed by atoms with Gasteiger partial charge in [0, 0.05) is 12.0 Å². The minimum Gasteiger partial charge on any atom is -0.375 e. The second-order valence-electron chi connectivity index (χ2n) is 5.83.